The second-order valence-corrected chi connectivity index (χ2v) is 7.30. The Morgan fingerprint density at radius 1 is 0.969 bits per heavy atom. The first-order chi connectivity index (χ1) is 15.7. The molecule has 8 heteroatoms. The van der Waals surface area contributed by atoms with Crippen LogP contribution in [0.15, 0.2) is 84.2 Å². The molecule has 0 atom stereocenters. The SMILES string of the molecule is CN=C(NCCc1ccn(-c2ccc(F)cc2)n1)NCc1ccccc1Cn1cccn1. The van der Waals surface area contributed by atoms with E-state index in [9.17, 15) is 4.39 Å². The van der Waals surface area contributed by atoms with E-state index in [4.69, 9.17) is 0 Å². The Bertz CT molecular complexity index is 1150. The zero-order chi connectivity index (χ0) is 22.2. The van der Waals surface area contributed by atoms with Crippen LogP contribution in [0, 0.1) is 5.82 Å². The molecule has 0 saturated heterocycles. The number of halogens is 1. The lowest BCUT2D eigenvalue weighted by Gasteiger charge is -2.14. The zero-order valence-electron chi connectivity index (χ0n) is 17.9. The third kappa shape index (κ3) is 5.60. The highest BCUT2D eigenvalue weighted by atomic mass is 19.1. The highest BCUT2D eigenvalue weighted by molar-refractivity contribution is 5.79. The third-order valence-corrected chi connectivity index (χ3v) is 5.09. The molecule has 2 aromatic carbocycles. The van der Waals surface area contributed by atoms with Crippen LogP contribution in [0.1, 0.15) is 16.8 Å². The molecule has 164 valence electrons. The monoisotopic (exact) mass is 431 g/mol. The van der Waals surface area contributed by atoms with Crippen molar-refractivity contribution in [2.24, 2.45) is 4.99 Å². The van der Waals surface area contributed by atoms with E-state index in [-0.39, 0.29) is 5.82 Å². The van der Waals surface area contributed by atoms with Gasteiger partial charge in [0.25, 0.3) is 0 Å². The van der Waals surface area contributed by atoms with E-state index in [1.165, 1.54) is 23.3 Å². The molecule has 0 amide bonds. The van der Waals surface area contributed by atoms with Gasteiger partial charge in [0.15, 0.2) is 5.96 Å². The van der Waals surface area contributed by atoms with E-state index in [1.54, 1.807) is 30.1 Å². The maximum atomic E-state index is 13.1. The summed E-state index contributed by atoms with van der Waals surface area (Å²) in [5.41, 5.74) is 4.19. The number of hydrogen-bond donors (Lipinski definition) is 2. The lowest BCUT2D eigenvalue weighted by Crippen LogP contribution is -2.38. The Morgan fingerprint density at radius 2 is 1.78 bits per heavy atom. The summed E-state index contributed by atoms with van der Waals surface area (Å²) in [6, 6.07) is 18.5. The van der Waals surface area contributed by atoms with E-state index >= 15 is 0 Å². The fraction of sp³-hybridized carbons (Fsp3) is 0.208. The summed E-state index contributed by atoms with van der Waals surface area (Å²) >= 11 is 0. The maximum absolute atomic E-state index is 13.1. The van der Waals surface area contributed by atoms with Crippen molar-refractivity contribution in [1.82, 2.24) is 30.2 Å². The van der Waals surface area contributed by atoms with Gasteiger partial charge in [-0.2, -0.15) is 10.2 Å². The van der Waals surface area contributed by atoms with E-state index in [0.29, 0.717) is 13.1 Å². The van der Waals surface area contributed by atoms with E-state index in [2.05, 4.69) is 38.0 Å². The van der Waals surface area contributed by atoms with Crippen LogP contribution in [0.4, 0.5) is 4.39 Å². The number of hydrogen-bond acceptors (Lipinski definition) is 3. The Labute approximate surface area is 186 Å². The van der Waals surface area contributed by atoms with E-state index < -0.39 is 0 Å². The summed E-state index contributed by atoms with van der Waals surface area (Å²) in [4.78, 5) is 4.32. The molecule has 2 N–H and O–H groups in total. The number of rotatable bonds is 8. The van der Waals surface area contributed by atoms with Crippen LogP contribution in [0.3, 0.4) is 0 Å². The third-order valence-electron chi connectivity index (χ3n) is 5.09. The van der Waals surface area contributed by atoms with Gasteiger partial charge < -0.3 is 10.6 Å². The molecule has 0 unspecified atom stereocenters. The average molecular weight is 432 g/mol. The van der Waals surface area contributed by atoms with Gasteiger partial charge in [0.2, 0.25) is 0 Å². The van der Waals surface area contributed by atoms with Gasteiger partial charge in [0, 0.05) is 45.1 Å². The van der Waals surface area contributed by atoms with Gasteiger partial charge in [0.1, 0.15) is 5.82 Å². The highest BCUT2D eigenvalue weighted by Crippen LogP contribution is 2.11. The molecule has 0 radical (unpaired) electrons. The summed E-state index contributed by atoms with van der Waals surface area (Å²) in [6.45, 7) is 2.08. The number of benzene rings is 2. The molecular weight excluding hydrogens is 405 g/mol. The normalized spacial score (nSPS) is 11.5. The quantitative estimate of drug-likeness (QED) is 0.332. The second kappa shape index (κ2) is 10.4. The fourth-order valence-corrected chi connectivity index (χ4v) is 3.39. The summed E-state index contributed by atoms with van der Waals surface area (Å²) in [7, 11) is 1.76. The van der Waals surface area contributed by atoms with Crippen molar-refractivity contribution in [3.8, 4) is 5.69 Å². The minimum atomic E-state index is -0.256. The zero-order valence-corrected chi connectivity index (χ0v) is 17.9. The Hall–Kier alpha value is -3.94. The molecule has 0 bridgehead atoms. The highest BCUT2D eigenvalue weighted by Gasteiger charge is 2.06. The number of nitrogens with zero attached hydrogens (tertiary/aromatic N) is 5. The number of nitrogens with one attached hydrogen (secondary N) is 2. The second-order valence-electron chi connectivity index (χ2n) is 7.30. The van der Waals surface area contributed by atoms with Crippen molar-refractivity contribution in [2.45, 2.75) is 19.5 Å². The molecule has 4 aromatic rings. The van der Waals surface area contributed by atoms with Crippen LogP contribution in [0.2, 0.25) is 0 Å². The van der Waals surface area contributed by atoms with Gasteiger partial charge in [-0.3, -0.25) is 9.67 Å². The van der Waals surface area contributed by atoms with Gasteiger partial charge in [-0.25, -0.2) is 9.07 Å². The molecule has 0 aliphatic heterocycles. The lowest BCUT2D eigenvalue weighted by atomic mass is 10.1. The molecule has 2 aromatic heterocycles. The first-order valence-electron chi connectivity index (χ1n) is 10.5. The molecule has 2 heterocycles. The van der Waals surface area contributed by atoms with Crippen molar-refractivity contribution in [3.05, 3.63) is 102 Å². The molecule has 32 heavy (non-hydrogen) atoms. The van der Waals surface area contributed by atoms with Crippen molar-refractivity contribution < 1.29 is 4.39 Å². The minimum Gasteiger partial charge on any atom is -0.356 e. The van der Waals surface area contributed by atoms with Gasteiger partial charge in [-0.05, 0) is 47.5 Å². The van der Waals surface area contributed by atoms with E-state index in [0.717, 1.165) is 30.3 Å². The summed E-state index contributed by atoms with van der Waals surface area (Å²) in [5.74, 6) is 0.477. The van der Waals surface area contributed by atoms with Crippen LogP contribution in [0.5, 0.6) is 0 Å². The van der Waals surface area contributed by atoms with Gasteiger partial charge >= 0.3 is 0 Å². The van der Waals surface area contributed by atoms with E-state index in [1.807, 2.05) is 41.3 Å². The van der Waals surface area contributed by atoms with Crippen molar-refractivity contribution >= 4 is 5.96 Å². The number of aliphatic imine (C=N–C) groups is 1. The molecule has 0 spiro atoms. The predicted octanol–water partition coefficient (Wildman–Crippen LogP) is 3.16. The maximum Gasteiger partial charge on any atom is 0.191 e. The Morgan fingerprint density at radius 3 is 2.53 bits per heavy atom. The standard InChI is InChI=1S/C24H26FN7/c1-26-24(28-17-19-5-2-3-6-20(19)18-31-15-4-13-29-31)27-14-11-22-12-16-32(30-22)23-9-7-21(25)8-10-23/h2-10,12-13,15-16H,11,14,17-18H2,1H3,(H2,26,27,28). The molecule has 0 saturated carbocycles. The summed E-state index contributed by atoms with van der Waals surface area (Å²) in [6.07, 6.45) is 6.37. The van der Waals surface area contributed by atoms with Crippen LogP contribution >= 0.6 is 0 Å². The Balaban J connectivity index is 1.28. The lowest BCUT2D eigenvalue weighted by molar-refractivity contribution is 0.627. The smallest absolute Gasteiger partial charge is 0.191 e. The number of guanidine groups is 1. The van der Waals surface area contributed by atoms with Crippen LogP contribution < -0.4 is 10.6 Å². The first-order valence-corrected chi connectivity index (χ1v) is 10.5. The average Bonchev–Trinajstić information content (AvgIpc) is 3.50. The predicted molar refractivity (Wildman–Crippen MR) is 123 cm³/mol. The molecular formula is C24H26FN7. The van der Waals surface area contributed by atoms with Gasteiger partial charge in [-0.15, -0.1) is 0 Å². The van der Waals surface area contributed by atoms with Crippen LogP contribution in [-0.4, -0.2) is 39.1 Å². The largest absolute Gasteiger partial charge is 0.356 e. The molecule has 0 aliphatic rings. The van der Waals surface area contributed by atoms with Crippen LogP contribution in [0.25, 0.3) is 5.69 Å². The van der Waals surface area contributed by atoms with Crippen molar-refractivity contribution in [1.29, 1.82) is 0 Å². The summed E-state index contributed by atoms with van der Waals surface area (Å²) in [5, 5.41) is 15.6. The molecule has 7 nitrogen and oxygen atoms in total. The van der Waals surface area contributed by atoms with Crippen LogP contribution in [-0.2, 0) is 19.5 Å². The summed E-state index contributed by atoms with van der Waals surface area (Å²) < 4.78 is 16.8. The van der Waals surface area contributed by atoms with Crippen molar-refractivity contribution in [3.63, 3.8) is 0 Å². The molecule has 0 aliphatic carbocycles. The van der Waals surface area contributed by atoms with Gasteiger partial charge in [0.05, 0.1) is 17.9 Å². The number of aromatic nitrogens is 4. The Kier molecular flexibility index (Phi) is 6.91. The topological polar surface area (TPSA) is 72.1 Å². The van der Waals surface area contributed by atoms with Crippen molar-refractivity contribution in [2.75, 3.05) is 13.6 Å². The molecule has 4 rings (SSSR count). The van der Waals surface area contributed by atoms with Gasteiger partial charge in [-0.1, -0.05) is 24.3 Å². The molecule has 0 fully saturated rings. The first kappa shape index (κ1) is 21.3. The fourth-order valence-electron chi connectivity index (χ4n) is 3.39. The minimum absolute atomic E-state index is 0.256.